The number of nitrogens with one attached hydrogen (secondary N) is 2. The van der Waals surface area contributed by atoms with Crippen molar-refractivity contribution in [1.82, 2.24) is 25.3 Å². The molecule has 0 aliphatic carbocycles. The fraction of sp³-hybridized carbons (Fsp3) is 0.474. The number of amides is 1. The van der Waals surface area contributed by atoms with Gasteiger partial charge in [0.05, 0.1) is 22.6 Å². The zero-order chi connectivity index (χ0) is 17.6. The van der Waals surface area contributed by atoms with Crippen LogP contribution in [0.2, 0.25) is 0 Å². The number of aromatic nitrogens is 2. The highest BCUT2D eigenvalue weighted by Crippen LogP contribution is 2.17. The monoisotopic (exact) mass is 377 g/mol. The first-order chi connectivity index (χ1) is 12.2. The van der Waals surface area contributed by atoms with E-state index in [4.69, 9.17) is 0 Å². The molecule has 1 aromatic carbocycles. The average Bonchev–Trinajstić information content (AvgIpc) is 2.94. The summed E-state index contributed by atoms with van der Waals surface area (Å²) in [4.78, 5) is 15.0. The van der Waals surface area contributed by atoms with Crippen molar-refractivity contribution in [3.63, 3.8) is 0 Å². The minimum Gasteiger partial charge on any atom is -0.352 e. The molecule has 2 N–H and O–H groups in total. The highest BCUT2D eigenvalue weighted by atomic mass is 35.5. The first kappa shape index (κ1) is 20.4. The van der Waals surface area contributed by atoms with Crippen LogP contribution in [0.1, 0.15) is 28.2 Å². The Labute approximate surface area is 161 Å². The molecule has 2 heterocycles. The van der Waals surface area contributed by atoms with Gasteiger partial charge in [-0.05, 0) is 38.9 Å². The number of halogens is 1. The van der Waals surface area contributed by atoms with Crippen LogP contribution in [0.5, 0.6) is 0 Å². The average molecular weight is 378 g/mol. The van der Waals surface area contributed by atoms with Crippen LogP contribution in [-0.2, 0) is 0 Å². The largest absolute Gasteiger partial charge is 0.352 e. The van der Waals surface area contributed by atoms with Gasteiger partial charge in [-0.1, -0.05) is 18.2 Å². The molecule has 1 saturated heterocycles. The Morgan fingerprint density at radius 2 is 1.88 bits per heavy atom. The highest BCUT2D eigenvalue weighted by molar-refractivity contribution is 5.96. The maximum absolute atomic E-state index is 12.6. The van der Waals surface area contributed by atoms with Crippen molar-refractivity contribution in [2.24, 2.45) is 0 Å². The zero-order valence-corrected chi connectivity index (χ0v) is 16.3. The molecule has 0 saturated carbocycles. The lowest BCUT2D eigenvalue weighted by Gasteiger charge is -2.27. The summed E-state index contributed by atoms with van der Waals surface area (Å²) >= 11 is 0. The molecular weight excluding hydrogens is 350 g/mol. The normalized spacial score (nSPS) is 14.7. The third-order valence-electron chi connectivity index (χ3n) is 4.67. The van der Waals surface area contributed by atoms with Crippen molar-refractivity contribution < 1.29 is 4.79 Å². The van der Waals surface area contributed by atoms with E-state index >= 15 is 0 Å². The SMILES string of the molecule is Cc1nn(-c2ccccc2)c(C)c1C(=O)NCCCN1CCNCC1.Cl. The number of carbonyl (C=O) groups is 1. The maximum Gasteiger partial charge on any atom is 0.255 e. The standard InChI is InChI=1S/C19H27N5O.ClH/c1-15-18(16(2)24(22-15)17-7-4-3-5-8-17)19(25)21-9-6-12-23-13-10-20-11-14-23;/h3-5,7-8,20H,6,9-14H2,1-2H3,(H,21,25);1H. The molecule has 0 spiro atoms. The van der Waals surface area contributed by atoms with Crippen LogP contribution in [0.25, 0.3) is 5.69 Å². The van der Waals surface area contributed by atoms with Crippen LogP contribution in [0.15, 0.2) is 30.3 Å². The van der Waals surface area contributed by atoms with Crippen LogP contribution < -0.4 is 10.6 Å². The maximum atomic E-state index is 12.6. The summed E-state index contributed by atoms with van der Waals surface area (Å²) in [6, 6.07) is 9.91. The van der Waals surface area contributed by atoms with E-state index in [0.29, 0.717) is 12.1 Å². The van der Waals surface area contributed by atoms with E-state index in [0.717, 1.165) is 56.2 Å². The van der Waals surface area contributed by atoms with E-state index < -0.39 is 0 Å². The highest BCUT2D eigenvalue weighted by Gasteiger charge is 2.19. The van der Waals surface area contributed by atoms with Gasteiger partial charge in [0, 0.05) is 32.7 Å². The Balaban J connectivity index is 0.00000243. The van der Waals surface area contributed by atoms with E-state index in [-0.39, 0.29) is 18.3 Å². The van der Waals surface area contributed by atoms with Gasteiger partial charge in [0.1, 0.15) is 0 Å². The lowest BCUT2D eigenvalue weighted by molar-refractivity contribution is 0.0950. The Morgan fingerprint density at radius 3 is 2.58 bits per heavy atom. The van der Waals surface area contributed by atoms with Gasteiger partial charge in [-0.15, -0.1) is 12.4 Å². The molecule has 1 aliphatic rings. The quantitative estimate of drug-likeness (QED) is 0.755. The van der Waals surface area contributed by atoms with Crippen molar-refractivity contribution >= 4 is 18.3 Å². The number of piperazine rings is 1. The molecule has 1 aromatic heterocycles. The Bertz CT molecular complexity index is 710. The molecule has 6 nitrogen and oxygen atoms in total. The summed E-state index contributed by atoms with van der Waals surface area (Å²) in [7, 11) is 0. The number of aryl methyl sites for hydroxylation is 1. The third-order valence-corrected chi connectivity index (χ3v) is 4.67. The molecule has 2 aromatic rings. The zero-order valence-electron chi connectivity index (χ0n) is 15.5. The minimum absolute atomic E-state index is 0. The van der Waals surface area contributed by atoms with E-state index in [1.807, 2.05) is 48.9 Å². The second-order valence-electron chi connectivity index (χ2n) is 6.49. The number of hydrogen-bond donors (Lipinski definition) is 2. The molecule has 0 bridgehead atoms. The Hall–Kier alpha value is -1.89. The molecule has 0 radical (unpaired) electrons. The van der Waals surface area contributed by atoms with Gasteiger partial charge in [-0.3, -0.25) is 4.79 Å². The second kappa shape index (κ2) is 9.71. The van der Waals surface area contributed by atoms with Crippen LogP contribution in [0.3, 0.4) is 0 Å². The van der Waals surface area contributed by atoms with Crippen molar-refractivity contribution in [1.29, 1.82) is 0 Å². The number of hydrogen-bond acceptors (Lipinski definition) is 4. The van der Waals surface area contributed by atoms with Gasteiger partial charge >= 0.3 is 0 Å². The first-order valence-corrected chi connectivity index (χ1v) is 8.99. The van der Waals surface area contributed by atoms with Gasteiger partial charge in [-0.2, -0.15) is 5.10 Å². The van der Waals surface area contributed by atoms with E-state index in [9.17, 15) is 4.79 Å². The third kappa shape index (κ3) is 4.84. The van der Waals surface area contributed by atoms with Crippen LogP contribution in [0, 0.1) is 13.8 Å². The molecular formula is C19H28ClN5O. The molecule has 142 valence electrons. The van der Waals surface area contributed by atoms with E-state index in [1.54, 1.807) is 0 Å². The summed E-state index contributed by atoms with van der Waals surface area (Å²) < 4.78 is 1.84. The van der Waals surface area contributed by atoms with Crippen LogP contribution in [0.4, 0.5) is 0 Å². The molecule has 0 unspecified atom stereocenters. The smallest absolute Gasteiger partial charge is 0.255 e. The first-order valence-electron chi connectivity index (χ1n) is 8.99. The van der Waals surface area contributed by atoms with Crippen LogP contribution in [-0.4, -0.2) is 59.9 Å². The van der Waals surface area contributed by atoms with Crippen LogP contribution >= 0.6 is 12.4 Å². The van der Waals surface area contributed by atoms with Gasteiger partial charge in [0.25, 0.3) is 5.91 Å². The summed E-state index contributed by atoms with van der Waals surface area (Å²) in [5.74, 6) is -0.0301. The summed E-state index contributed by atoms with van der Waals surface area (Å²) in [6.45, 7) is 9.87. The number of para-hydroxylation sites is 1. The summed E-state index contributed by atoms with van der Waals surface area (Å²) in [6.07, 6.45) is 0.969. The minimum atomic E-state index is -0.0301. The molecule has 1 amide bonds. The lowest BCUT2D eigenvalue weighted by Crippen LogP contribution is -2.44. The molecule has 26 heavy (non-hydrogen) atoms. The molecule has 1 fully saturated rings. The molecule has 3 rings (SSSR count). The molecule has 0 atom stereocenters. The Kier molecular flexibility index (Phi) is 7.63. The van der Waals surface area contributed by atoms with Crippen molar-refractivity contribution in [2.75, 3.05) is 39.3 Å². The fourth-order valence-corrected chi connectivity index (χ4v) is 3.32. The summed E-state index contributed by atoms with van der Waals surface area (Å²) in [5, 5.41) is 10.9. The fourth-order valence-electron chi connectivity index (χ4n) is 3.32. The van der Waals surface area contributed by atoms with Gasteiger partial charge in [-0.25, -0.2) is 4.68 Å². The molecule has 1 aliphatic heterocycles. The summed E-state index contributed by atoms with van der Waals surface area (Å²) in [5.41, 5.74) is 3.30. The molecule has 7 heteroatoms. The number of benzene rings is 1. The lowest BCUT2D eigenvalue weighted by atomic mass is 10.2. The number of carbonyl (C=O) groups excluding carboxylic acids is 1. The number of nitrogens with zero attached hydrogens (tertiary/aromatic N) is 3. The van der Waals surface area contributed by atoms with Gasteiger partial charge < -0.3 is 15.5 Å². The Morgan fingerprint density at radius 1 is 1.19 bits per heavy atom. The van der Waals surface area contributed by atoms with Gasteiger partial charge in [0.2, 0.25) is 0 Å². The topological polar surface area (TPSA) is 62.2 Å². The van der Waals surface area contributed by atoms with Crippen molar-refractivity contribution in [2.45, 2.75) is 20.3 Å². The predicted octanol–water partition coefficient (Wildman–Crippen LogP) is 1.94. The van der Waals surface area contributed by atoms with Crippen molar-refractivity contribution in [3.8, 4) is 5.69 Å². The van der Waals surface area contributed by atoms with E-state index in [2.05, 4.69) is 20.6 Å². The van der Waals surface area contributed by atoms with E-state index in [1.165, 1.54) is 0 Å². The van der Waals surface area contributed by atoms with Crippen molar-refractivity contribution in [3.05, 3.63) is 47.3 Å². The predicted molar refractivity (Wildman–Crippen MR) is 107 cm³/mol. The number of rotatable bonds is 6. The second-order valence-corrected chi connectivity index (χ2v) is 6.49. The van der Waals surface area contributed by atoms with Gasteiger partial charge in [0.15, 0.2) is 0 Å².